The molecule has 1 rings (SSSR count). The highest BCUT2D eigenvalue weighted by Gasteiger charge is 2.18. The first-order valence-electron chi connectivity index (χ1n) is 6.63. The molecule has 0 heterocycles. The lowest BCUT2D eigenvalue weighted by atomic mass is 10.1. The Morgan fingerprint density at radius 2 is 1.82 bits per heavy atom. The molecule has 0 spiro atoms. The van der Waals surface area contributed by atoms with Gasteiger partial charge in [0.1, 0.15) is 0 Å². The molecule has 0 amide bonds. The van der Waals surface area contributed by atoms with Crippen LogP contribution in [0.5, 0.6) is 0 Å². The van der Waals surface area contributed by atoms with Crippen molar-refractivity contribution in [3.63, 3.8) is 0 Å². The van der Waals surface area contributed by atoms with Crippen molar-refractivity contribution >= 4 is 0 Å². The number of hydrogen-bond acceptors (Lipinski definition) is 2. The van der Waals surface area contributed by atoms with Crippen LogP contribution in [0, 0.1) is 0 Å². The van der Waals surface area contributed by atoms with E-state index in [0.29, 0.717) is 12.1 Å². The van der Waals surface area contributed by atoms with Gasteiger partial charge in [-0.3, -0.25) is 4.90 Å². The third-order valence-electron chi connectivity index (χ3n) is 3.25. The van der Waals surface area contributed by atoms with Crippen LogP contribution in [0.3, 0.4) is 0 Å². The molecule has 0 radical (unpaired) electrons. The normalized spacial score (nSPS) is 13.3. The van der Waals surface area contributed by atoms with Crippen molar-refractivity contribution in [1.29, 1.82) is 0 Å². The Bertz CT molecular complexity index is 295. The third kappa shape index (κ3) is 4.49. The zero-order valence-electron chi connectivity index (χ0n) is 11.6. The van der Waals surface area contributed by atoms with Gasteiger partial charge in [0.05, 0.1) is 0 Å². The van der Waals surface area contributed by atoms with Crippen molar-refractivity contribution in [3.8, 4) is 0 Å². The Kier molecular flexibility index (Phi) is 6.23. The Labute approximate surface area is 106 Å². The first kappa shape index (κ1) is 14.2. The maximum atomic E-state index is 3.30. The summed E-state index contributed by atoms with van der Waals surface area (Å²) in [5.74, 6) is 0. The molecular formula is C15H26N2. The highest BCUT2D eigenvalue weighted by atomic mass is 15.2. The number of nitrogens with one attached hydrogen (secondary N) is 1. The predicted molar refractivity (Wildman–Crippen MR) is 75.1 cm³/mol. The van der Waals surface area contributed by atoms with E-state index >= 15 is 0 Å². The summed E-state index contributed by atoms with van der Waals surface area (Å²) >= 11 is 0. The number of rotatable bonds is 7. The molecule has 1 unspecified atom stereocenters. The second-order valence-corrected chi connectivity index (χ2v) is 4.87. The minimum absolute atomic E-state index is 0.577. The van der Waals surface area contributed by atoms with Gasteiger partial charge in [-0.2, -0.15) is 0 Å². The van der Waals surface area contributed by atoms with Crippen LogP contribution in [0.4, 0.5) is 0 Å². The van der Waals surface area contributed by atoms with Gasteiger partial charge in [-0.25, -0.2) is 0 Å². The van der Waals surface area contributed by atoms with Gasteiger partial charge in [-0.15, -0.1) is 0 Å². The highest BCUT2D eigenvalue weighted by molar-refractivity contribution is 5.14. The molecule has 1 aromatic rings. The van der Waals surface area contributed by atoms with Gasteiger partial charge in [0, 0.05) is 25.2 Å². The van der Waals surface area contributed by atoms with E-state index in [-0.39, 0.29) is 0 Å². The van der Waals surface area contributed by atoms with Gasteiger partial charge in [-0.1, -0.05) is 37.3 Å². The lowest BCUT2D eigenvalue weighted by Crippen LogP contribution is -2.44. The van der Waals surface area contributed by atoms with Crippen molar-refractivity contribution in [2.24, 2.45) is 0 Å². The summed E-state index contributed by atoms with van der Waals surface area (Å²) in [5, 5.41) is 3.30. The molecule has 1 atom stereocenters. The van der Waals surface area contributed by atoms with Gasteiger partial charge >= 0.3 is 0 Å². The molecule has 0 saturated carbocycles. The molecule has 0 fully saturated rings. The molecule has 1 N–H and O–H groups in total. The quantitative estimate of drug-likeness (QED) is 0.780. The Balaban J connectivity index is 2.72. The fourth-order valence-corrected chi connectivity index (χ4v) is 2.26. The molecule has 96 valence electrons. The van der Waals surface area contributed by atoms with Crippen molar-refractivity contribution < 1.29 is 0 Å². The SMILES string of the molecule is CCC(CNC)N(Cc1ccccc1)C(C)C. The van der Waals surface area contributed by atoms with E-state index < -0.39 is 0 Å². The van der Waals surface area contributed by atoms with E-state index in [9.17, 15) is 0 Å². The van der Waals surface area contributed by atoms with Gasteiger partial charge in [0.2, 0.25) is 0 Å². The molecule has 0 aromatic heterocycles. The monoisotopic (exact) mass is 234 g/mol. The fourth-order valence-electron chi connectivity index (χ4n) is 2.26. The summed E-state index contributed by atoms with van der Waals surface area (Å²) in [6, 6.07) is 11.9. The molecular weight excluding hydrogens is 208 g/mol. The van der Waals surface area contributed by atoms with Gasteiger partial charge < -0.3 is 5.32 Å². The Morgan fingerprint density at radius 3 is 2.29 bits per heavy atom. The molecule has 0 aliphatic carbocycles. The molecule has 0 aliphatic heterocycles. The molecule has 2 heteroatoms. The summed E-state index contributed by atoms with van der Waals surface area (Å²) < 4.78 is 0. The summed E-state index contributed by atoms with van der Waals surface area (Å²) in [7, 11) is 2.03. The minimum Gasteiger partial charge on any atom is -0.318 e. The summed E-state index contributed by atoms with van der Waals surface area (Å²) in [4.78, 5) is 2.58. The Hall–Kier alpha value is -0.860. The van der Waals surface area contributed by atoms with Crippen LogP contribution in [0.15, 0.2) is 30.3 Å². The van der Waals surface area contributed by atoms with E-state index in [1.807, 2.05) is 7.05 Å². The predicted octanol–water partition coefficient (Wildman–Crippen LogP) is 2.90. The first-order valence-corrected chi connectivity index (χ1v) is 6.63. The largest absolute Gasteiger partial charge is 0.318 e. The summed E-state index contributed by atoms with van der Waals surface area (Å²) in [6.07, 6.45) is 1.19. The van der Waals surface area contributed by atoms with Crippen molar-refractivity contribution in [2.75, 3.05) is 13.6 Å². The zero-order valence-corrected chi connectivity index (χ0v) is 11.6. The van der Waals surface area contributed by atoms with Gasteiger partial charge in [-0.05, 0) is 32.9 Å². The van der Waals surface area contributed by atoms with Crippen LogP contribution >= 0.6 is 0 Å². The third-order valence-corrected chi connectivity index (χ3v) is 3.25. The molecule has 0 aliphatic rings. The second kappa shape index (κ2) is 7.46. The topological polar surface area (TPSA) is 15.3 Å². The standard InChI is InChI=1S/C15H26N2/c1-5-15(11-16-4)17(13(2)3)12-14-9-7-6-8-10-14/h6-10,13,15-16H,5,11-12H2,1-4H3. The molecule has 17 heavy (non-hydrogen) atoms. The zero-order chi connectivity index (χ0) is 12.7. The summed E-state index contributed by atoms with van der Waals surface area (Å²) in [6.45, 7) is 8.92. The van der Waals surface area contributed by atoms with Crippen LogP contribution in [-0.2, 0) is 6.54 Å². The maximum Gasteiger partial charge on any atom is 0.0239 e. The lowest BCUT2D eigenvalue weighted by molar-refractivity contribution is 0.138. The maximum absolute atomic E-state index is 3.30. The van der Waals surface area contributed by atoms with Crippen LogP contribution in [0.25, 0.3) is 0 Å². The number of nitrogens with zero attached hydrogens (tertiary/aromatic N) is 1. The van der Waals surface area contributed by atoms with Gasteiger partial charge in [0.15, 0.2) is 0 Å². The number of hydrogen-bond donors (Lipinski definition) is 1. The number of benzene rings is 1. The average molecular weight is 234 g/mol. The van der Waals surface area contributed by atoms with Crippen molar-refractivity contribution in [1.82, 2.24) is 10.2 Å². The smallest absolute Gasteiger partial charge is 0.0239 e. The van der Waals surface area contributed by atoms with Crippen LogP contribution in [-0.4, -0.2) is 30.6 Å². The summed E-state index contributed by atoms with van der Waals surface area (Å²) in [5.41, 5.74) is 1.40. The van der Waals surface area contributed by atoms with E-state index in [4.69, 9.17) is 0 Å². The fraction of sp³-hybridized carbons (Fsp3) is 0.600. The molecule has 0 bridgehead atoms. The Morgan fingerprint density at radius 1 is 1.18 bits per heavy atom. The van der Waals surface area contributed by atoms with Crippen LogP contribution < -0.4 is 5.32 Å². The number of likely N-dealkylation sites (N-methyl/N-ethyl adjacent to an activating group) is 1. The highest BCUT2D eigenvalue weighted by Crippen LogP contribution is 2.14. The minimum atomic E-state index is 0.577. The molecule has 0 saturated heterocycles. The van der Waals surface area contributed by atoms with E-state index in [1.165, 1.54) is 12.0 Å². The second-order valence-electron chi connectivity index (χ2n) is 4.87. The van der Waals surface area contributed by atoms with E-state index in [1.54, 1.807) is 0 Å². The lowest BCUT2D eigenvalue weighted by Gasteiger charge is -2.34. The van der Waals surface area contributed by atoms with Gasteiger partial charge in [0.25, 0.3) is 0 Å². The van der Waals surface area contributed by atoms with Crippen LogP contribution in [0.1, 0.15) is 32.8 Å². The van der Waals surface area contributed by atoms with E-state index in [0.717, 1.165) is 13.1 Å². The van der Waals surface area contributed by atoms with Crippen molar-refractivity contribution in [2.45, 2.75) is 45.8 Å². The van der Waals surface area contributed by atoms with Crippen LogP contribution in [0.2, 0.25) is 0 Å². The van der Waals surface area contributed by atoms with Crippen molar-refractivity contribution in [3.05, 3.63) is 35.9 Å². The molecule has 1 aromatic carbocycles. The molecule has 2 nitrogen and oxygen atoms in total. The van der Waals surface area contributed by atoms with E-state index in [2.05, 4.69) is 61.3 Å². The first-order chi connectivity index (χ1) is 8.19. The average Bonchev–Trinajstić information content (AvgIpc) is 2.34.